The molecule has 0 aliphatic carbocycles. The first kappa shape index (κ1) is 10.9. The SMILES string of the molecule is C1COCCO1.O=C(O)C(=O)O. The Kier molecular flexibility index (Phi) is 5.94. The summed E-state index contributed by atoms with van der Waals surface area (Å²) in [4.78, 5) is 18.2. The monoisotopic (exact) mass is 178 g/mol. The molecule has 1 aliphatic rings. The minimum Gasteiger partial charge on any atom is -0.473 e. The van der Waals surface area contributed by atoms with Crippen molar-refractivity contribution in [3.8, 4) is 0 Å². The van der Waals surface area contributed by atoms with Crippen molar-refractivity contribution >= 4 is 11.9 Å². The zero-order valence-corrected chi connectivity index (χ0v) is 6.36. The Balaban J connectivity index is 0.000000202. The minimum atomic E-state index is -1.82. The Labute approximate surface area is 68.7 Å². The molecule has 6 heteroatoms. The van der Waals surface area contributed by atoms with E-state index in [0.717, 1.165) is 26.4 Å². The first-order valence-corrected chi connectivity index (χ1v) is 3.26. The van der Waals surface area contributed by atoms with Crippen LogP contribution in [0.15, 0.2) is 0 Å². The normalized spacial score (nSPS) is 15.7. The van der Waals surface area contributed by atoms with Crippen LogP contribution in [0, 0.1) is 0 Å². The van der Waals surface area contributed by atoms with Gasteiger partial charge < -0.3 is 19.7 Å². The molecule has 6 nitrogen and oxygen atoms in total. The molecule has 0 spiro atoms. The van der Waals surface area contributed by atoms with Crippen LogP contribution in [0.3, 0.4) is 0 Å². The van der Waals surface area contributed by atoms with Crippen molar-refractivity contribution < 1.29 is 29.3 Å². The number of aliphatic carboxylic acids is 2. The lowest BCUT2D eigenvalue weighted by Crippen LogP contribution is -2.16. The molecular weight excluding hydrogens is 168 g/mol. The van der Waals surface area contributed by atoms with Gasteiger partial charge in [-0.15, -0.1) is 0 Å². The number of carboxylic acids is 2. The van der Waals surface area contributed by atoms with Gasteiger partial charge in [0.1, 0.15) is 0 Å². The third-order valence-electron chi connectivity index (χ3n) is 0.927. The standard InChI is InChI=1S/C4H8O2.C2H2O4/c1-2-6-4-3-5-1;3-1(4)2(5)6/h1-4H2;(H,3,4)(H,5,6). The van der Waals surface area contributed by atoms with Crippen molar-refractivity contribution in [2.45, 2.75) is 0 Å². The summed E-state index contributed by atoms with van der Waals surface area (Å²) in [7, 11) is 0. The second-order valence-electron chi connectivity index (χ2n) is 1.84. The molecule has 1 saturated heterocycles. The van der Waals surface area contributed by atoms with Gasteiger partial charge in [0.05, 0.1) is 26.4 Å². The first-order valence-electron chi connectivity index (χ1n) is 3.26. The molecular formula is C6H10O6. The number of carboxylic acid groups (broad SMARTS) is 2. The van der Waals surface area contributed by atoms with E-state index in [2.05, 4.69) is 0 Å². The van der Waals surface area contributed by atoms with E-state index in [0.29, 0.717) is 0 Å². The molecule has 0 aromatic heterocycles. The number of hydrogen-bond donors (Lipinski definition) is 2. The van der Waals surface area contributed by atoms with Gasteiger partial charge in [0.15, 0.2) is 0 Å². The van der Waals surface area contributed by atoms with Crippen LogP contribution in [-0.2, 0) is 19.1 Å². The maximum Gasteiger partial charge on any atom is 0.414 e. The summed E-state index contributed by atoms with van der Waals surface area (Å²) in [6.45, 7) is 3.11. The van der Waals surface area contributed by atoms with Crippen molar-refractivity contribution in [3.63, 3.8) is 0 Å². The maximum atomic E-state index is 9.10. The fourth-order valence-electron chi connectivity index (χ4n) is 0.440. The van der Waals surface area contributed by atoms with Gasteiger partial charge >= 0.3 is 11.9 Å². The molecule has 12 heavy (non-hydrogen) atoms. The van der Waals surface area contributed by atoms with Gasteiger partial charge in [-0.25, -0.2) is 9.59 Å². The summed E-state index contributed by atoms with van der Waals surface area (Å²) in [5, 5.41) is 14.8. The van der Waals surface area contributed by atoms with E-state index in [-0.39, 0.29) is 0 Å². The van der Waals surface area contributed by atoms with Gasteiger partial charge in [0.25, 0.3) is 0 Å². The summed E-state index contributed by atoms with van der Waals surface area (Å²) in [5.41, 5.74) is 0. The third-order valence-corrected chi connectivity index (χ3v) is 0.927. The number of ether oxygens (including phenoxy) is 2. The van der Waals surface area contributed by atoms with Gasteiger partial charge in [-0.05, 0) is 0 Å². The molecule has 0 atom stereocenters. The predicted molar refractivity (Wildman–Crippen MR) is 36.9 cm³/mol. The van der Waals surface area contributed by atoms with E-state index < -0.39 is 11.9 Å². The van der Waals surface area contributed by atoms with Gasteiger partial charge in [0.2, 0.25) is 0 Å². The quantitative estimate of drug-likeness (QED) is 0.471. The Hall–Kier alpha value is -1.14. The van der Waals surface area contributed by atoms with Gasteiger partial charge in [-0.3, -0.25) is 0 Å². The summed E-state index contributed by atoms with van der Waals surface area (Å²) < 4.78 is 9.89. The molecule has 1 fully saturated rings. The summed E-state index contributed by atoms with van der Waals surface area (Å²) in [6, 6.07) is 0. The van der Waals surface area contributed by atoms with Gasteiger partial charge in [-0.2, -0.15) is 0 Å². The summed E-state index contributed by atoms with van der Waals surface area (Å²) in [5.74, 6) is -3.65. The van der Waals surface area contributed by atoms with Gasteiger partial charge in [0, 0.05) is 0 Å². The Morgan fingerprint density at radius 2 is 1.08 bits per heavy atom. The second-order valence-corrected chi connectivity index (χ2v) is 1.84. The topological polar surface area (TPSA) is 93.1 Å². The first-order chi connectivity index (χ1) is 5.64. The van der Waals surface area contributed by atoms with E-state index in [1.165, 1.54) is 0 Å². The number of rotatable bonds is 0. The van der Waals surface area contributed by atoms with E-state index in [9.17, 15) is 0 Å². The van der Waals surface area contributed by atoms with Crippen LogP contribution in [0.1, 0.15) is 0 Å². The van der Waals surface area contributed by atoms with Crippen LogP contribution in [0.25, 0.3) is 0 Å². The van der Waals surface area contributed by atoms with E-state index >= 15 is 0 Å². The summed E-state index contributed by atoms with van der Waals surface area (Å²) in [6.07, 6.45) is 0. The second kappa shape index (κ2) is 6.56. The molecule has 0 aromatic carbocycles. The highest BCUT2D eigenvalue weighted by atomic mass is 16.6. The largest absolute Gasteiger partial charge is 0.473 e. The summed E-state index contributed by atoms with van der Waals surface area (Å²) >= 11 is 0. The van der Waals surface area contributed by atoms with E-state index in [1.54, 1.807) is 0 Å². The Morgan fingerprint density at radius 3 is 1.17 bits per heavy atom. The molecule has 0 saturated carbocycles. The minimum absolute atomic E-state index is 0.778. The zero-order chi connectivity index (χ0) is 9.40. The lowest BCUT2D eigenvalue weighted by molar-refractivity contribution is -0.159. The highest BCUT2D eigenvalue weighted by Gasteiger charge is 2.04. The number of carbonyl (C=O) groups is 2. The molecule has 0 radical (unpaired) electrons. The smallest absolute Gasteiger partial charge is 0.414 e. The van der Waals surface area contributed by atoms with Crippen molar-refractivity contribution in [1.29, 1.82) is 0 Å². The van der Waals surface area contributed by atoms with Crippen molar-refractivity contribution in [3.05, 3.63) is 0 Å². The lowest BCUT2D eigenvalue weighted by Gasteiger charge is -2.09. The molecule has 0 amide bonds. The van der Waals surface area contributed by atoms with Crippen LogP contribution < -0.4 is 0 Å². The molecule has 1 heterocycles. The van der Waals surface area contributed by atoms with Crippen molar-refractivity contribution in [1.82, 2.24) is 0 Å². The molecule has 0 aromatic rings. The molecule has 0 bridgehead atoms. The maximum absolute atomic E-state index is 9.10. The number of hydrogen-bond acceptors (Lipinski definition) is 4. The average molecular weight is 178 g/mol. The lowest BCUT2D eigenvalue weighted by atomic mass is 10.6. The van der Waals surface area contributed by atoms with Crippen LogP contribution in [0.4, 0.5) is 0 Å². The van der Waals surface area contributed by atoms with Crippen LogP contribution in [-0.4, -0.2) is 48.6 Å². The van der Waals surface area contributed by atoms with E-state index in [4.69, 9.17) is 29.3 Å². The fraction of sp³-hybridized carbons (Fsp3) is 0.667. The van der Waals surface area contributed by atoms with Crippen molar-refractivity contribution in [2.75, 3.05) is 26.4 Å². The molecule has 70 valence electrons. The van der Waals surface area contributed by atoms with Crippen LogP contribution in [0.5, 0.6) is 0 Å². The fourth-order valence-corrected chi connectivity index (χ4v) is 0.440. The van der Waals surface area contributed by atoms with Crippen LogP contribution >= 0.6 is 0 Å². The highest BCUT2D eigenvalue weighted by molar-refractivity contribution is 6.27. The zero-order valence-electron chi connectivity index (χ0n) is 6.36. The molecule has 0 unspecified atom stereocenters. The molecule has 1 aliphatic heterocycles. The van der Waals surface area contributed by atoms with E-state index in [1.807, 2.05) is 0 Å². The molecule has 1 rings (SSSR count). The van der Waals surface area contributed by atoms with Gasteiger partial charge in [-0.1, -0.05) is 0 Å². The Morgan fingerprint density at radius 1 is 0.833 bits per heavy atom. The van der Waals surface area contributed by atoms with Crippen LogP contribution in [0.2, 0.25) is 0 Å². The Bertz CT molecular complexity index is 127. The van der Waals surface area contributed by atoms with Crippen molar-refractivity contribution in [2.24, 2.45) is 0 Å². The highest BCUT2D eigenvalue weighted by Crippen LogP contribution is 1.85. The molecule has 2 N–H and O–H groups in total. The third kappa shape index (κ3) is 6.97. The average Bonchev–Trinajstić information content (AvgIpc) is 2.08. The predicted octanol–water partition coefficient (Wildman–Crippen LogP) is -0.811.